The topological polar surface area (TPSA) is 95.6 Å². The van der Waals surface area contributed by atoms with Crippen LogP contribution in [0.3, 0.4) is 0 Å². The van der Waals surface area contributed by atoms with Gasteiger partial charge in [-0.05, 0) is 36.4 Å². The van der Waals surface area contributed by atoms with Crippen LogP contribution in [-0.2, 0) is 0 Å². The van der Waals surface area contributed by atoms with Gasteiger partial charge in [-0.1, -0.05) is 24.6 Å². The number of rotatable bonds is 5. The Morgan fingerprint density at radius 2 is 2.21 bits per heavy atom. The Hall–Kier alpha value is -1.50. The van der Waals surface area contributed by atoms with Crippen molar-refractivity contribution in [3.8, 4) is 5.69 Å². The monoisotopic (exact) mass is 280 g/mol. The summed E-state index contributed by atoms with van der Waals surface area (Å²) >= 11 is 5.93. The standard InChI is InChI=1S/C12H17ClN6/c1-8(11(15)5-6-14)12-16-18-19(17-12)10-4-2-3-9(13)7-10/h2-4,7-8,11H,5-6,14-15H2,1H3. The highest BCUT2D eigenvalue weighted by molar-refractivity contribution is 6.30. The van der Waals surface area contributed by atoms with Crippen molar-refractivity contribution in [1.82, 2.24) is 20.2 Å². The molecule has 1 aromatic carbocycles. The fourth-order valence-electron chi connectivity index (χ4n) is 1.75. The molecule has 0 saturated carbocycles. The summed E-state index contributed by atoms with van der Waals surface area (Å²) in [7, 11) is 0. The third-order valence-corrected chi connectivity index (χ3v) is 3.25. The van der Waals surface area contributed by atoms with Gasteiger partial charge in [0.15, 0.2) is 5.82 Å². The molecule has 6 nitrogen and oxygen atoms in total. The van der Waals surface area contributed by atoms with E-state index in [4.69, 9.17) is 23.1 Å². The molecule has 0 aliphatic heterocycles. The van der Waals surface area contributed by atoms with Crippen molar-refractivity contribution in [1.29, 1.82) is 0 Å². The maximum absolute atomic E-state index is 6.01. The van der Waals surface area contributed by atoms with E-state index in [1.165, 1.54) is 4.80 Å². The molecule has 4 N–H and O–H groups in total. The molecule has 0 spiro atoms. The summed E-state index contributed by atoms with van der Waals surface area (Å²) in [4.78, 5) is 1.45. The van der Waals surface area contributed by atoms with Crippen molar-refractivity contribution < 1.29 is 0 Å². The van der Waals surface area contributed by atoms with Crippen molar-refractivity contribution in [2.24, 2.45) is 11.5 Å². The zero-order chi connectivity index (χ0) is 13.8. The average Bonchev–Trinajstić information content (AvgIpc) is 2.87. The third kappa shape index (κ3) is 3.28. The summed E-state index contributed by atoms with van der Waals surface area (Å²) < 4.78 is 0. The Morgan fingerprint density at radius 1 is 1.42 bits per heavy atom. The second kappa shape index (κ2) is 6.10. The molecule has 1 aromatic heterocycles. The summed E-state index contributed by atoms with van der Waals surface area (Å²) in [5, 5.41) is 13.0. The van der Waals surface area contributed by atoms with Crippen LogP contribution in [-0.4, -0.2) is 32.8 Å². The van der Waals surface area contributed by atoms with Gasteiger partial charge in [-0.3, -0.25) is 0 Å². The molecule has 2 unspecified atom stereocenters. The van der Waals surface area contributed by atoms with Crippen LogP contribution >= 0.6 is 11.6 Å². The smallest absolute Gasteiger partial charge is 0.179 e. The minimum Gasteiger partial charge on any atom is -0.330 e. The predicted molar refractivity (Wildman–Crippen MR) is 74.2 cm³/mol. The van der Waals surface area contributed by atoms with E-state index in [1.807, 2.05) is 19.1 Å². The average molecular weight is 281 g/mol. The summed E-state index contributed by atoms with van der Waals surface area (Å²) in [6, 6.07) is 7.20. The molecule has 2 atom stereocenters. The lowest BCUT2D eigenvalue weighted by atomic mass is 9.99. The largest absolute Gasteiger partial charge is 0.330 e. The van der Waals surface area contributed by atoms with Gasteiger partial charge in [0.1, 0.15) is 0 Å². The molecule has 2 aromatic rings. The van der Waals surface area contributed by atoms with Crippen LogP contribution in [0.25, 0.3) is 5.69 Å². The van der Waals surface area contributed by atoms with E-state index in [9.17, 15) is 0 Å². The molecule has 0 aliphatic rings. The van der Waals surface area contributed by atoms with Crippen molar-refractivity contribution in [2.45, 2.75) is 25.3 Å². The molecule has 19 heavy (non-hydrogen) atoms. The Bertz CT molecular complexity index is 541. The van der Waals surface area contributed by atoms with Crippen molar-refractivity contribution >= 4 is 11.6 Å². The van der Waals surface area contributed by atoms with Gasteiger partial charge in [0, 0.05) is 17.0 Å². The number of benzene rings is 1. The lowest BCUT2D eigenvalue weighted by Gasteiger charge is -2.15. The number of tetrazole rings is 1. The first-order valence-corrected chi connectivity index (χ1v) is 6.51. The Labute approximate surface area is 116 Å². The first-order valence-electron chi connectivity index (χ1n) is 6.13. The van der Waals surface area contributed by atoms with E-state index in [2.05, 4.69) is 15.4 Å². The highest BCUT2D eigenvalue weighted by Gasteiger charge is 2.19. The van der Waals surface area contributed by atoms with Crippen LogP contribution in [0.15, 0.2) is 24.3 Å². The molecule has 0 bridgehead atoms. The molecule has 7 heteroatoms. The Balaban J connectivity index is 2.19. The molecular formula is C12H17ClN6. The number of nitrogens with two attached hydrogens (primary N) is 2. The van der Waals surface area contributed by atoms with Gasteiger partial charge in [0.05, 0.1) is 5.69 Å². The highest BCUT2D eigenvalue weighted by Crippen LogP contribution is 2.17. The number of halogens is 1. The molecule has 0 amide bonds. The zero-order valence-corrected chi connectivity index (χ0v) is 11.5. The van der Waals surface area contributed by atoms with Gasteiger partial charge >= 0.3 is 0 Å². The summed E-state index contributed by atoms with van der Waals surface area (Å²) in [5.74, 6) is 0.623. The molecule has 0 saturated heterocycles. The quantitative estimate of drug-likeness (QED) is 0.855. The minimum absolute atomic E-state index is 0.0106. The number of hydrogen-bond donors (Lipinski definition) is 2. The van der Waals surface area contributed by atoms with Crippen LogP contribution in [0.1, 0.15) is 25.1 Å². The van der Waals surface area contributed by atoms with Crippen LogP contribution in [0, 0.1) is 0 Å². The molecule has 0 fully saturated rings. The second-order valence-electron chi connectivity index (χ2n) is 4.45. The van der Waals surface area contributed by atoms with Crippen LogP contribution < -0.4 is 11.5 Å². The van der Waals surface area contributed by atoms with Gasteiger partial charge in [-0.25, -0.2) is 0 Å². The summed E-state index contributed by atoms with van der Waals surface area (Å²) in [5.41, 5.74) is 12.3. The first kappa shape index (κ1) is 13.9. The van der Waals surface area contributed by atoms with E-state index in [1.54, 1.807) is 12.1 Å². The van der Waals surface area contributed by atoms with Crippen molar-refractivity contribution in [2.75, 3.05) is 6.54 Å². The summed E-state index contributed by atoms with van der Waals surface area (Å²) in [6.07, 6.45) is 0.729. The van der Waals surface area contributed by atoms with E-state index < -0.39 is 0 Å². The normalized spacial score (nSPS) is 14.3. The Morgan fingerprint density at radius 3 is 2.89 bits per heavy atom. The lowest BCUT2D eigenvalue weighted by molar-refractivity contribution is 0.513. The molecule has 2 rings (SSSR count). The van der Waals surface area contributed by atoms with Gasteiger partial charge in [0.25, 0.3) is 0 Å². The molecule has 0 radical (unpaired) electrons. The third-order valence-electron chi connectivity index (χ3n) is 3.02. The maximum atomic E-state index is 6.01. The number of hydrogen-bond acceptors (Lipinski definition) is 5. The van der Waals surface area contributed by atoms with E-state index in [0.717, 1.165) is 12.1 Å². The fourth-order valence-corrected chi connectivity index (χ4v) is 1.94. The SMILES string of the molecule is CC(c1nnn(-c2cccc(Cl)c2)n1)C(N)CCN. The molecule has 0 aliphatic carbocycles. The van der Waals surface area contributed by atoms with Crippen LogP contribution in [0.4, 0.5) is 0 Å². The fraction of sp³-hybridized carbons (Fsp3) is 0.417. The minimum atomic E-state index is -0.0676. The van der Waals surface area contributed by atoms with E-state index in [0.29, 0.717) is 17.4 Å². The zero-order valence-electron chi connectivity index (χ0n) is 10.7. The second-order valence-corrected chi connectivity index (χ2v) is 4.88. The lowest BCUT2D eigenvalue weighted by Crippen LogP contribution is -2.30. The van der Waals surface area contributed by atoms with E-state index in [-0.39, 0.29) is 12.0 Å². The van der Waals surface area contributed by atoms with Crippen LogP contribution in [0.2, 0.25) is 5.02 Å². The van der Waals surface area contributed by atoms with Gasteiger partial charge in [-0.15, -0.1) is 15.0 Å². The van der Waals surface area contributed by atoms with Crippen molar-refractivity contribution in [3.63, 3.8) is 0 Å². The maximum Gasteiger partial charge on any atom is 0.179 e. The predicted octanol–water partition coefficient (Wildman–Crippen LogP) is 1.10. The Kier molecular flexibility index (Phi) is 4.47. The van der Waals surface area contributed by atoms with Gasteiger partial charge < -0.3 is 11.5 Å². The number of nitrogens with zero attached hydrogens (tertiary/aromatic N) is 4. The van der Waals surface area contributed by atoms with Crippen LogP contribution in [0.5, 0.6) is 0 Å². The highest BCUT2D eigenvalue weighted by atomic mass is 35.5. The number of aromatic nitrogens is 4. The molecular weight excluding hydrogens is 264 g/mol. The van der Waals surface area contributed by atoms with Gasteiger partial charge in [-0.2, -0.15) is 0 Å². The van der Waals surface area contributed by atoms with Crippen molar-refractivity contribution in [3.05, 3.63) is 35.1 Å². The summed E-state index contributed by atoms with van der Waals surface area (Å²) in [6.45, 7) is 2.52. The van der Waals surface area contributed by atoms with E-state index >= 15 is 0 Å². The molecule has 1 heterocycles. The first-order chi connectivity index (χ1) is 9.11. The van der Waals surface area contributed by atoms with Gasteiger partial charge in [0.2, 0.25) is 0 Å². The molecule has 102 valence electrons.